The van der Waals surface area contributed by atoms with Gasteiger partial charge in [-0.2, -0.15) is 0 Å². The van der Waals surface area contributed by atoms with E-state index in [4.69, 9.17) is 16.3 Å². The Kier molecular flexibility index (Phi) is 17.2. The third kappa shape index (κ3) is 12.5. The third-order valence-corrected chi connectivity index (χ3v) is 9.06. The Bertz CT molecular complexity index is 1770. The van der Waals surface area contributed by atoms with Gasteiger partial charge in [0.05, 0.1) is 12.6 Å². The van der Waals surface area contributed by atoms with Crippen molar-refractivity contribution in [3.8, 4) is 0 Å². The van der Waals surface area contributed by atoms with E-state index in [1.54, 1.807) is 29.2 Å². The predicted octanol–water partition coefficient (Wildman–Crippen LogP) is 9.12. The van der Waals surface area contributed by atoms with Gasteiger partial charge < -0.3 is 15.0 Å². The lowest BCUT2D eigenvalue weighted by Crippen LogP contribution is -2.45. The molecular weight excluding hydrogens is 734 g/mol. The number of fused-ring (bicyclic) bond motifs is 1. The highest BCUT2D eigenvalue weighted by molar-refractivity contribution is 6.30. The largest absolute Gasteiger partial charge is 0.355 e. The molecule has 0 aromatic heterocycles. The van der Waals surface area contributed by atoms with E-state index in [2.05, 4.69) is 80.0 Å². The van der Waals surface area contributed by atoms with Crippen LogP contribution in [0.15, 0.2) is 97.1 Å². The molecule has 4 aromatic carbocycles. The van der Waals surface area contributed by atoms with Gasteiger partial charge in [-0.25, -0.2) is 4.39 Å². The van der Waals surface area contributed by atoms with Crippen LogP contribution in [0.4, 0.5) is 10.1 Å². The van der Waals surface area contributed by atoms with Gasteiger partial charge in [-0.1, -0.05) is 106 Å². The zero-order valence-electron chi connectivity index (χ0n) is 30.9. The summed E-state index contributed by atoms with van der Waals surface area (Å²) >= 11 is 6.61. The fourth-order valence-corrected chi connectivity index (χ4v) is 6.54. The van der Waals surface area contributed by atoms with Crippen molar-refractivity contribution in [1.29, 1.82) is 0 Å². The Morgan fingerprint density at radius 3 is 2.36 bits per heavy atom. The molecule has 3 atom stereocenters. The topological polar surface area (TPSA) is 82.7 Å². The van der Waals surface area contributed by atoms with Crippen molar-refractivity contribution in [2.45, 2.75) is 78.3 Å². The standard InChI is InChI=1S/C42H50ClFN4O3.2ClH/c1-5-22-45-40(46-23-12-15-29-13-7-6-8-14-29)31-18-11-17-30(24-31)39-34-25-33(43)20-21-36(34)48(28-42(2,3)4)41(50)37(51-39)26-38(49)47-27-32-16-9-10-19-35(32)44;;/h6-11,13-14,16-21,24-25,37,39-40,45-46H,5,12,15,22-23,26-28H2,1-4H3,(H,47,49);2*1H. The predicted molar refractivity (Wildman–Crippen MR) is 218 cm³/mol. The lowest BCUT2D eigenvalue weighted by atomic mass is 9.93. The molecule has 0 saturated heterocycles. The molecule has 0 fully saturated rings. The van der Waals surface area contributed by atoms with Crippen LogP contribution in [-0.2, 0) is 27.3 Å². The molecule has 0 bridgehead atoms. The summed E-state index contributed by atoms with van der Waals surface area (Å²) < 4.78 is 21.0. The summed E-state index contributed by atoms with van der Waals surface area (Å²) in [4.78, 5) is 29.4. The minimum atomic E-state index is -1.10. The monoisotopic (exact) mass is 784 g/mol. The van der Waals surface area contributed by atoms with Gasteiger partial charge >= 0.3 is 0 Å². The summed E-state index contributed by atoms with van der Waals surface area (Å²) in [5.74, 6) is -1.12. The Balaban J connectivity index is 0.00000378. The summed E-state index contributed by atoms with van der Waals surface area (Å²) in [7, 11) is 0. The minimum absolute atomic E-state index is 0. The number of carbonyl (C=O) groups excluding carboxylic acids is 2. The van der Waals surface area contributed by atoms with Crippen molar-refractivity contribution < 1.29 is 18.7 Å². The molecule has 1 aliphatic rings. The van der Waals surface area contributed by atoms with E-state index in [1.165, 1.54) is 11.6 Å². The molecule has 286 valence electrons. The number of ether oxygens (including phenoxy) is 1. The molecule has 0 aliphatic carbocycles. The van der Waals surface area contributed by atoms with Gasteiger partial charge in [0.15, 0.2) is 0 Å². The summed E-state index contributed by atoms with van der Waals surface area (Å²) in [6, 6.07) is 30.5. The van der Waals surface area contributed by atoms with Crippen molar-refractivity contribution in [3.63, 3.8) is 0 Å². The van der Waals surface area contributed by atoms with E-state index in [1.807, 2.05) is 30.3 Å². The summed E-state index contributed by atoms with van der Waals surface area (Å²) in [6.45, 7) is 10.4. The Hall–Kier alpha value is -3.50. The molecule has 4 aromatic rings. The van der Waals surface area contributed by atoms with Crippen LogP contribution in [0.25, 0.3) is 0 Å². The van der Waals surface area contributed by atoms with Crippen molar-refractivity contribution >= 4 is 53.9 Å². The first-order valence-electron chi connectivity index (χ1n) is 17.9. The second-order valence-corrected chi connectivity index (χ2v) is 14.8. The molecule has 3 unspecified atom stereocenters. The molecule has 5 rings (SSSR count). The first-order chi connectivity index (χ1) is 24.5. The Morgan fingerprint density at radius 1 is 0.925 bits per heavy atom. The van der Waals surface area contributed by atoms with Crippen LogP contribution in [0.5, 0.6) is 0 Å². The third-order valence-electron chi connectivity index (χ3n) is 8.82. The first-order valence-corrected chi connectivity index (χ1v) is 18.3. The highest BCUT2D eigenvalue weighted by Gasteiger charge is 2.39. The van der Waals surface area contributed by atoms with Crippen LogP contribution in [0.3, 0.4) is 0 Å². The highest BCUT2D eigenvalue weighted by atomic mass is 35.5. The molecule has 7 nitrogen and oxygen atoms in total. The van der Waals surface area contributed by atoms with Gasteiger partial charge in [0.1, 0.15) is 18.0 Å². The quantitative estimate of drug-likeness (QED) is 0.0828. The zero-order valence-corrected chi connectivity index (χ0v) is 33.3. The summed E-state index contributed by atoms with van der Waals surface area (Å²) in [5.41, 5.74) is 4.75. The van der Waals surface area contributed by atoms with E-state index in [-0.39, 0.29) is 55.3 Å². The van der Waals surface area contributed by atoms with E-state index >= 15 is 0 Å². The number of carbonyl (C=O) groups is 2. The number of amides is 2. The molecule has 53 heavy (non-hydrogen) atoms. The maximum absolute atomic E-state index is 14.4. The lowest BCUT2D eigenvalue weighted by Gasteiger charge is -2.31. The van der Waals surface area contributed by atoms with E-state index in [0.29, 0.717) is 22.8 Å². The zero-order chi connectivity index (χ0) is 36.4. The summed E-state index contributed by atoms with van der Waals surface area (Å²) in [5, 5.41) is 10.7. The number of nitrogens with zero attached hydrogens (tertiary/aromatic N) is 1. The second-order valence-electron chi connectivity index (χ2n) is 14.4. The van der Waals surface area contributed by atoms with Crippen LogP contribution in [0.2, 0.25) is 5.02 Å². The number of nitrogens with one attached hydrogen (secondary N) is 3. The molecule has 2 amide bonds. The molecule has 1 heterocycles. The number of hydrogen-bond donors (Lipinski definition) is 3. The fourth-order valence-electron chi connectivity index (χ4n) is 6.36. The van der Waals surface area contributed by atoms with E-state index in [0.717, 1.165) is 49.0 Å². The molecule has 0 saturated carbocycles. The number of benzene rings is 4. The second kappa shape index (κ2) is 20.8. The highest BCUT2D eigenvalue weighted by Crippen LogP contribution is 2.41. The average molecular weight is 786 g/mol. The molecule has 0 radical (unpaired) electrons. The van der Waals surface area contributed by atoms with Crippen LogP contribution in [0, 0.1) is 11.2 Å². The van der Waals surface area contributed by atoms with E-state index in [9.17, 15) is 14.0 Å². The van der Waals surface area contributed by atoms with Crippen molar-refractivity contribution in [2.24, 2.45) is 5.41 Å². The van der Waals surface area contributed by atoms with Crippen LogP contribution in [-0.4, -0.2) is 37.6 Å². The van der Waals surface area contributed by atoms with Crippen LogP contribution in [0.1, 0.15) is 87.0 Å². The van der Waals surface area contributed by atoms with Crippen molar-refractivity contribution in [1.82, 2.24) is 16.0 Å². The molecule has 0 spiro atoms. The van der Waals surface area contributed by atoms with Gasteiger partial charge in [-0.3, -0.25) is 20.2 Å². The smallest absolute Gasteiger partial charge is 0.256 e. The van der Waals surface area contributed by atoms with Gasteiger partial charge in [0, 0.05) is 34.9 Å². The lowest BCUT2D eigenvalue weighted by molar-refractivity contribution is -0.138. The maximum Gasteiger partial charge on any atom is 0.256 e. The van der Waals surface area contributed by atoms with E-state index < -0.39 is 23.9 Å². The Labute approximate surface area is 331 Å². The van der Waals surface area contributed by atoms with Crippen molar-refractivity contribution in [2.75, 3.05) is 24.5 Å². The maximum atomic E-state index is 14.4. The molecule has 11 heteroatoms. The van der Waals surface area contributed by atoms with Gasteiger partial charge in [-0.05, 0) is 84.8 Å². The SMILES string of the molecule is CCCNC(NCCCc1ccccc1)c1cccc(C2OC(CC(=O)NCc3ccccc3F)C(=O)N(CC(C)(C)C)c3ccc(Cl)cc32)c1.Cl.Cl. The summed E-state index contributed by atoms with van der Waals surface area (Å²) in [6.07, 6.45) is 0.819. The number of anilines is 1. The normalized spacial score (nSPS) is 16.1. The fraction of sp³-hybridized carbons (Fsp3) is 0.381. The van der Waals surface area contributed by atoms with Gasteiger partial charge in [-0.15, -0.1) is 24.8 Å². The average Bonchev–Trinajstić information content (AvgIpc) is 3.21. The van der Waals surface area contributed by atoms with Gasteiger partial charge in [0.25, 0.3) is 5.91 Å². The van der Waals surface area contributed by atoms with Crippen LogP contribution < -0.4 is 20.9 Å². The number of hydrogen-bond acceptors (Lipinski definition) is 5. The molecular formula is C42H52Cl3FN4O3. The van der Waals surface area contributed by atoms with Crippen molar-refractivity contribution in [3.05, 3.63) is 136 Å². The molecule has 1 aliphatic heterocycles. The number of halogens is 4. The first kappa shape index (κ1) is 43.9. The van der Waals surface area contributed by atoms with Gasteiger partial charge in [0.2, 0.25) is 5.91 Å². The Morgan fingerprint density at radius 2 is 1.64 bits per heavy atom. The molecule has 3 N–H and O–H groups in total. The van der Waals surface area contributed by atoms with Crippen LogP contribution >= 0.6 is 36.4 Å². The minimum Gasteiger partial charge on any atom is -0.355 e. The number of aryl methyl sites for hydroxylation is 1. The number of rotatable bonds is 15.